The SMILES string of the molecule is C[C@@H]1C[C@H](C)CN(C(=O)Cn2nnn(-c3cccs3)c2=O)C1. The average Bonchev–Trinajstić information content (AvgIpc) is 3.08. The largest absolute Gasteiger partial charge is 0.369 e. The number of aromatic nitrogens is 4. The number of thiophene rings is 1. The molecule has 22 heavy (non-hydrogen) atoms. The second-order valence-corrected chi connectivity index (χ2v) is 6.95. The van der Waals surface area contributed by atoms with Gasteiger partial charge >= 0.3 is 5.69 Å². The van der Waals surface area contributed by atoms with Gasteiger partial charge in [-0.1, -0.05) is 13.8 Å². The van der Waals surface area contributed by atoms with Crippen molar-refractivity contribution in [3.8, 4) is 5.00 Å². The van der Waals surface area contributed by atoms with Crippen LogP contribution in [0.2, 0.25) is 0 Å². The lowest BCUT2D eigenvalue weighted by Gasteiger charge is -2.34. The van der Waals surface area contributed by atoms with Crippen LogP contribution in [0.3, 0.4) is 0 Å². The minimum atomic E-state index is -0.381. The summed E-state index contributed by atoms with van der Waals surface area (Å²) >= 11 is 1.40. The number of amides is 1. The van der Waals surface area contributed by atoms with E-state index < -0.39 is 0 Å². The van der Waals surface area contributed by atoms with Gasteiger partial charge in [0.2, 0.25) is 5.91 Å². The van der Waals surface area contributed by atoms with Crippen LogP contribution in [0.1, 0.15) is 20.3 Å². The molecule has 1 saturated heterocycles. The van der Waals surface area contributed by atoms with Gasteiger partial charge in [-0.2, -0.15) is 9.36 Å². The van der Waals surface area contributed by atoms with E-state index in [1.54, 1.807) is 6.07 Å². The Labute approximate surface area is 132 Å². The molecule has 0 aliphatic carbocycles. The molecule has 0 N–H and O–H groups in total. The minimum absolute atomic E-state index is 0.0519. The Bertz CT molecular complexity index is 695. The lowest BCUT2D eigenvalue weighted by Crippen LogP contribution is -2.45. The Balaban J connectivity index is 1.74. The number of tetrazole rings is 1. The standard InChI is InChI=1S/C14H19N5O2S/c1-10-6-11(2)8-17(7-10)12(20)9-18-14(21)19(16-15-18)13-4-3-5-22-13/h3-5,10-11H,6-9H2,1-2H3/t10-,11+. The molecule has 3 rings (SSSR count). The van der Waals surface area contributed by atoms with Gasteiger partial charge in [0.25, 0.3) is 0 Å². The van der Waals surface area contributed by atoms with Gasteiger partial charge in [0.05, 0.1) is 0 Å². The number of carbonyl (C=O) groups excluding carboxylic acids is 1. The van der Waals surface area contributed by atoms with E-state index in [-0.39, 0.29) is 18.1 Å². The van der Waals surface area contributed by atoms with E-state index in [4.69, 9.17) is 0 Å². The Kier molecular flexibility index (Phi) is 4.10. The summed E-state index contributed by atoms with van der Waals surface area (Å²) in [5, 5.41) is 10.2. The van der Waals surface area contributed by atoms with Gasteiger partial charge in [0.1, 0.15) is 11.5 Å². The summed E-state index contributed by atoms with van der Waals surface area (Å²) in [6.45, 7) is 5.74. The summed E-state index contributed by atoms with van der Waals surface area (Å²) in [6.07, 6.45) is 1.14. The molecular formula is C14H19N5O2S. The Hall–Kier alpha value is -1.96. The third-order valence-electron chi connectivity index (χ3n) is 3.86. The van der Waals surface area contributed by atoms with Crippen molar-refractivity contribution in [2.24, 2.45) is 11.8 Å². The number of rotatable bonds is 3. The van der Waals surface area contributed by atoms with E-state index in [2.05, 4.69) is 24.3 Å². The van der Waals surface area contributed by atoms with Gasteiger partial charge in [0, 0.05) is 13.1 Å². The van der Waals surface area contributed by atoms with Crippen molar-refractivity contribution in [3.05, 3.63) is 28.0 Å². The molecule has 0 bridgehead atoms. The Morgan fingerprint density at radius 3 is 2.68 bits per heavy atom. The predicted molar refractivity (Wildman–Crippen MR) is 83.0 cm³/mol. The predicted octanol–water partition coefficient (Wildman–Crippen LogP) is 0.995. The molecule has 0 aromatic carbocycles. The topological polar surface area (TPSA) is 73.0 Å². The molecule has 0 unspecified atom stereocenters. The molecule has 118 valence electrons. The molecule has 2 aromatic rings. The third-order valence-corrected chi connectivity index (χ3v) is 4.70. The van der Waals surface area contributed by atoms with Gasteiger partial charge in [-0.25, -0.2) is 4.79 Å². The summed E-state index contributed by atoms with van der Waals surface area (Å²) in [7, 11) is 0. The first-order chi connectivity index (χ1) is 10.5. The molecule has 8 heteroatoms. The van der Waals surface area contributed by atoms with E-state index in [1.165, 1.54) is 16.0 Å². The monoisotopic (exact) mass is 321 g/mol. The second kappa shape index (κ2) is 6.04. The number of hydrogen-bond donors (Lipinski definition) is 0. The van der Waals surface area contributed by atoms with Crippen LogP contribution >= 0.6 is 11.3 Å². The first-order valence-corrected chi connectivity index (χ1v) is 8.27. The molecule has 1 aliphatic heterocycles. The molecule has 0 radical (unpaired) electrons. The highest BCUT2D eigenvalue weighted by atomic mass is 32.1. The van der Waals surface area contributed by atoms with Crippen molar-refractivity contribution >= 4 is 17.2 Å². The Morgan fingerprint density at radius 1 is 1.32 bits per heavy atom. The maximum absolute atomic E-state index is 12.4. The number of nitrogens with zero attached hydrogens (tertiary/aromatic N) is 5. The smallest absolute Gasteiger partial charge is 0.341 e. The molecule has 1 amide bonds. The molecule has 3 heterocycles. The van der Waals surface area contributed by atoms with Gasteiger partial charge < -0.3 is 4.90 Å². The van der Waals surface area contributed by atoms with Gasteiger partial charge in [-0.05, 0) is 46.2 Å². The summed E-state index contributed by atoms with van der Waals surface area (Å²) in [6, 6.07) is 3.63. The summed E-state index contributed by atoms with van der Waals surface area (Å²) in [4.78, 5) is 26.5. The van der Waals surface area contributed by atoms with Crippen LogP contribution < -0.4 is 5.69 Å². The van der Waals surface area contributed by atoms with Crippen LogP contribution in [0, 0.1) is 11.8 Å². The quantitative estimate of drug-likeness (QED) is 0.845. The maximum Gasteiger partial charge on any atom is 0.369 e. The lowest BCUT2D eigenvalue weighted by molar-refractivity contribution is -0.134. The fourth-order valence-electron chi connectivity index (χ4n) is 3.00. The summed E-state index contributed by atoms with van der Waals surface area (Å²) < 4.78 is 2.35. The molecule has 2 atom stereocenters. The third kappa shape index (κ3) is 2.96. The molecule has 1 fully saturated rings. The van der Waals surface area contributed by atoms with E-state index in [1.807, 2.05) is 16.3 Å². The van der Waals surface area contributed by atoms with Gasteiger partial charge in [-0.3, -0.25) is 4.79 Å². The fourth-order valence-corrected chi connectivity index (χ4v) is 3.66. The first-order valence-electron chi connectivity index (χ1n) is 7.39. The molecule has 2 aromatic heterocycles. The molecule has 0 saturated carbocycles. The van der Waals surface area contributed by atoms with E-state index in [9.17, 15) is 9.59 Å². The van der Waals surface area contributed by atoms with Crippen molar-refractivity contribution in [3.63, 3.8) is 0 Å². The summed E-state index contributed by atoms with van der Waals surface area (Å²) in [5.41, 5.74) is -0.381. The highest BCUT2D eigenvalue weighted by molar-refractivity contribution is 7.12. The number of likely N-dealkylation sites (tertiary alicyclic amines) is 1. The second-order valence-electron chi connectivity index (χ2n) is 6.03. The van der Waals surface area contributed by atoms with Crippen LogP contribution in [0.25, 0.3) is 5.00 Å². The normalized spacial score (nSPS) is 22.0. The van der Waals surface area contributed by atoms with E-state index >= 15 is 0 Å². The highest BCUT2D eigenvalue weighted by Crippen LogP contribution is 2.21. The lowest BCUT2D eigenvalue weighted by atomic mass is 9.92. The molecular weight excluding hydrogens is 302 g/mol. The van der Waals surface area contributed by atoms with Crippen molar-refractivity contribution in [1.29, 1.82) is 0 Å². The minimum Gasteiger partial charge on any atom is -0.341 e. The van der Waals surface area contributed by atoms with Crippen LogP contribution in [0.5, 0.6) is 0 Å². The zero-order valence-corrected chi connectivity index (χ0v) is 13.5. The first kappa shape index (κ1) is 15.0. The van der Waals surface area contributed by atoms with Crippen molar-refractivity contribution in [2.75, 3.05) is 13.1 Å². The number of piperidine rings is 1. The number of hydrogen-bond acceptors (Lipinski definition) is 5. The van der Waals surface area contributed by atoms with Crippen LogP contribution in [-0.2, 0) is 11.3 Å². The van der Waals surface area contributed by atoms with E-state index in [0.717, 1.165) is 24.2 Å². The van der Waals surface area contributed by atoms with Crippen molar-refractivity contribution in [2.45, 2.75) is 26.8 Å². The Morgan fingerprint density at radius 2 is 2.05 bits per heavy atom. The molecule has 7 nitrogen and oxygen atoms in total. The molecule has 1 aliphatic rings. The highest BCUT2D eigenvalue weighted by Gasteiger charge is 2.26. The van der Waals surface area contributed by atoms with Crippen molar-refractivity contribution in [1.82, 2.24) is 24.7 Å². The molecule has 0 spiro atoms. The zero-order valence-electron chi connectivity index (χ0n) is 12.7. The van der Waals surface area contributed by atoms with Crippen LogP contribution in [0.15, 0.2) is 22.3 Å². The number of carbonyl (C=O) groups is 1. The van der Waals surface area contributed by atoms with Gasteiger partial charge in [0.15, 0.2) is 0 Å². The maximum atomic E-state index is 12.4. The zero-order chi connectivity index (χ0) is 15.7. The van der Waals surface area contributed by atoms with Gasteiger partial charge in [-0.15, -0.1) is 11.3 Å². The summed E-state index contributed by atoms with van der Waals surface area (Å²) in [5.74, 6) is 0.913. The van der Waals surface area contributed by atoms with E-state index in [0.29, 0.717) is 16.8 Å². The van der Waals surface area contributed by atoms with Crippen LogP contribution in [-0.4, -0.2) is 43.7 Å². The van der Waals surface area contributed by atoms with Crippen molar-refractivity contribution < 1.29 is 4.79 Å². The van der Waals surface area contributed by atoms with Crippen LogP contribution in [0.4, 0.5) is 0 Å². The fraction of sp³-hybridized carbons (Fsp3) is 0.571. The average molecular weight is 321 g/mol.